The third kappa shape index (κ3) is 4.34. The number of aromatic amines is 1. The molecule has 0 saturated heterocycles. The molecule has 2 aliphatic carbocycles. The van der Waals surface area contributed by atoms with Gasteiger partial charge in [0.25, 0.3) is 0 Å². The fourth-order valence-electron chi connectivity index (χ4n) is 5.73. The maximum atomic E-state index is 11.7. The summed E-state index contributed by atoms with van der Waals surface area (Å²) >= 11 is 6.37. The first-order valence-electron chi connectivity index (χ1n) is 13.1. The van der Waals surface area contributed by atoms with Gasteiger partial charge in [-0.2, -0.15) is 0 Å². The Bertz CT molecular complexity index is 1710. The highest BCUT2D eigenvalue weighted by Crippen LogP contribution is 2.39. The topological polar surface area (TPSA) is 115 Å². The summed E-state index contributed by atoms with van der Waals surface area (Å²) in [5.74, 6) is 2.47. The van der Waals surface area contributed by atoms with Crippen LogP contribution in [0.15, 0.2) is 70.3 Å². The summed E-state index contributed by atoms with van der Waals surface area (Å²) in [4.78, 5) is 30.9. The number of hydrogen-bond acceptors (Lipinski definition) is 8. The van der Waals surface area contributed by atoms with Gasteiger partial charge in [-0.15, -0.1) is 0 Å². The van der Waals surface area contributed by atoms with Gasteiger partial charge in [-0.1, -0.05) is 48.7 Å². The molecule has 4 aromatic rings. The van der Waals surface area contributed by atoms with E-state index in [1.165, 1.54) is 12.8 Å². The Balaban J connectivity index is 1.47. The SMILES string of the molecule is C[C@H]1CC[C@H](Cn2c(N3C=COC4=CC=C[C@H]43)nc3cc(-c4noc(=O)[nH]4)nc(-c4cncc(Cl)c4)c32)CC1. The molecule has 10 nitrogen and oxygen atoms in total. The number of rotatable bonds is 5. The number of hydrogen-bond donors (Lipinski definition) is 1. The van der Waals surface area contributed by atoms with E-state index in [4.69, 9.17) is 30.8 Å². The minimum absolute atomic E-state index is 0.0902. The third-order valence-electron chi connectivity index (χ3n) is 7.74. The van der Waals surface area contributed by atoms with Crippen LogP contribution in [0.5, 0.6) is 0 Å². The summed E-state index contributed by atoms with van der Waals surface area (Å²) < 4.78 is 12.8. The van der Waals surface area contributed by atoms with Crippen LogP contribution in [-0.4, -0.2) is 35.7 Å². The van der Waals surface area contributed by atoms with Crippen LogP contribution in [0.4, 0.5) is 5.95 Å². The highest BCUT2D eigenvalue weighted by Gasteiger charge is 2.32. The lowest BCUT2D eigenvalue weighted by atomic mass is 9.83. The van der Waals surface area contributed by atoms with Crippen molar-refractivity contribution in [2.75, 3.05) is 4.90 Å². The Morgan fingerprint density at radius 3 is 2.82 bits per heavy atom. The molecule has 1 saturated carbocycles. The molecular formula is C28H26ClN7O3. The summed E-state index contributed by atoms with van der Waals surface area (Å²) in [6, 6.07) is 3.58. The van der Waals surface area contributed by atoms with Gasteiger partial charge < -0.3 is 14.2 Å². The molecule has 7 rings (SSSR count). The Labute approximate surface area is 228 Å². The Hall–Kier alpha value is -4.18. The molecule has 39 heavy (non-hydrogen) atoms. The van der Waals surface area contributed by atoms with E-state index in [1.807, 2.05) is 30.5 Å². The van der Waals surface area contributed by atoms with Gasteiger partial charge in [-0.05, 0) is 42.9 Å². The lowest BCUT2D eigenvalue weighted by molar-refractivity contribution is 0.266. The van der Waals surface area contributed by atoms with Gasteiger partial charge >= 0.3 is 5.76 Å². The minimum atomic E-state index is -0.651. The molecule has 4 aromatic heterocycles. The van der Waals surface area contributed by atoms with Crippen LogP contribution in [0.2, 0.25) is 5.02 Å². The number of halogens is 1. The van der Waals surface area contributed by atoms with Crippen LogP contribution in [0.3, 0.4) is 0 Å². The molecule has 5 heterocycles. The molecule has 3 aliphatic rings. The maximum Gasteiger partial charge on any atom is 0.439 e. The fraction of sp³-hybridized carbons (Fsp3) is 0.321. The van der Waals surface area contributed by atoms with Crippen molar-refractivity contribution in [3.8, 4) is 22.8 Å². The highest BCUT2D eigenvalue weighted by molar-refractivity contribution is 6.30. The average Bonchev–Trinajstić information content (AvgIpc) is 3.68. The van der Waals surface area contributed by atoms with E-state index in [0.717, 1.165) is 48.1 Å². The number of aromatic nitrogens is 6. The monoisotopic (exact) mass is 543 g/mol. The number of allylic oxidation sites excluding steroid dienone is 2. The van der Waals surface area contributed by atoms with E-state index in [-0.39, 0.29) is 11.9 Å². The molecule has 1 atom stereocenters. The largest absolute Gasteiger partial charge is 0.465 e. The lowest BCUT2D eigenvalue weighted by Crippen LogP contribution is -2.35. The van der Waals surface area contributed by atoms with Crippen molar-refractivity contribution in [3.05, 3.63) is 76.5 Å². The first-order chi connectivity index (χ1) is 19.0. The predicted molar refractivity (Wildman–Crippen MR) is 147 cm³/mol. The smallest absolute Gasteiger partial charge is 0.439 e. The second kappa shape index (κ2) is 9.53. The molecule has 0 bridgehead atoms. The standard InChI is InChI=1S/C28H26ClN7O3/c1-16-5-7-17(8-6-16)15-36-25-20(32-27(36)35-9-10-38-23-4-2-3-22(23)35)12-21(26-33-28(37)39-34-26)31-24(25)18-11-19(29)14-30-13-18/h2-4,9-14,16-17,22H,5-8,15H2,1H3,(H,33,34,37)/t16-,17-,22-/m1/s1. The summed E-state index contributed by atoms with van der Waals surface area (Å²) in [7, 11) is 0. The van der Waals surface area contributed by atoms with Crippen molar-refractivity contribution < 1.29 is 9.26 Å². The van der Waals surface area contributed by atoms with Crippen molar-refractivity contribution in [3.63, 3.8) is 0 Å². The maximum absolute atomic E-state index is 11.7. The van der Waals surface area contributed by atoms with E-state index in [2.05, 4.69) is 37.6 Å². The quantitative estimate of drug-likeness (QED) is 0.353. The number of fused-ring (bicyclic) bond motifs is 2. The second-order valence-corrected chi connectivity index (χ2v) is 10.9. The molecule has 0 spiro atoms. The van der Waals surface area contributed by atoms with Crippen molar-refractivity contribution in [1.29, 1.82) is 0 Å². The first-order valence-corrected chi connectivity index (χ1v) is 13.5. The molecule has 0 aromatic carbocycles. The highest BCUT2D eigenvalue weighted by atomic mass is 35.5. The van der Waals surface area contributed by atoms with Gasteiger partial charge in [0.1, 0.15) is 23.8 Å². The van der Waals surface area contributed by atoms with E-state index >= 15 is 0 Å². The molecule has 1 aliphatic heterocycles. The normalized spacial score (nSPS) is 22.3. The van der Waals surface area contributed by atoms with Crippen LogP contribution >= 0.6 is 11.6 Å². The van der Waals surface area contributed by atoms with Gasteiger partial charge in [0.2, 0.25) is 11.8 Å². The third-order valence-corrected chi connectivity index (χ3v) is 7.95. The van der Waals surface area contributed by atoms with Crippen LogP contribution in [-0.2, 0) is 11.3 Å². The van der Waals surface area contributed by atoms with Gasteiger partial charge in [0, 0.05) is 30.7 Å². The number of nitrogens with one attached hydrogen (secondary N) is 1. The molecule has 1 N–H and O–H groups in total. The zero-order valence-electron chi connectivity index (χ0n) is 21.2. The summed E-state index contributed by atoms with van der Waals surface area (Å²) in [6.45, 7) is 3.12. The van der Waals surface area contributed by atoms with Crippen molar-refractivity contribution >= 4 is 28.6 Å². The summed E-state index contributed by atoms with van der Waals surface area (Å²) in [6.07, 6.45) is 17.8. The molecule has 198 valence electrons. The predicted octanol–water partition coefficient (Wildman–Crippen LogP) is 5.45. The Morgan fingerprint density at radius 2 is 2.03 bits per heavy atom. The fourth-order valence-corrected chi connectivity index (χ4v) is 5.91. The van der Waals surface area contributed by atoms with Gasteiger partial charge in [-0.3, -0.25) is 14.5 Å². The second-order valence-electron chi connectivity index (χ2n) is 10.4. The van der Waals surface area contributed by atoms with E-state index < -0.39 is 5.76 Å². The number of ether oxygens (including phenoxy) is 1. The van der Waals surface area contributed by atoms with E-state index in [9.17, 15) is 4.79 Å². The molecule has 0 unspecified atom stereocenters. The number of imidazole rings is 1. The molecular weight excluding hydrogens is 518 g/mol. The van der Waals surface area contributed by atoms with Crippen molar-refractivity contribution in [1.82, 2.24) is 29.7 Å². The first kappa shape index (κ1) is 23.9. The molecule has 11 heteroatoms. The lowest BCUT2D eigenvalue weighted by Gasteiger charge is -2.32. The number of anilines is 1. The van der Waals surface area contributed by atoms with Gasteiger partial charge in [0.05, 0.1) is 21.7 Å². The van der Waals surface area contributed by atoms with Crippen LogP contribution in [0, 0.1) is 11.8 Å². The van der Waals surface area contributed by atoms with Crippen LogP contribution in [0.25, 0.3) is 33.8 Å². The summed E-state index contributed by atoms with van der Waals surface area (Å²) in [5, 5.41) is 4.37. The number of nitrogens with zero attached hydrogens (tertiary/aromatic N) is 6. The molecule has 1 fully saturated rings. The minimum Gasteiger partial charge on any atom is -0.465 e. The number of H-pyrrole nitrogens is 1. The zero-order valence-corrected chi connectivity index (χ0v) is 22.0. The van der Waals surface area contributed by atoms with Crippen LogP contribution < -0.4 is 10.7 Å². The summed E-state index contributed by atoms with van der Waals surface area (Å²) in [5.41, 5.74) is 3.41. The van der Waals surface area contributed by atoms with Crippen molar-refractivity contribution in [2.45, 2.75) is 45.2 Å². The average molecular weight is 544 g/mol. The zero-order chi connectivity index (χ0) is 26.5. The molecule has 0 amide bonds. The molecule has 0 radical (unpaired) electrons. The Morgan fingerprint density at radius 1 is 1.15 bits per heavy atom. The van der Waals surface area contributed by atoms with Crippen LogP contribution in [0.1, 0.15) is 32.6 Å². The van der Waals surface area contributed by atoms with Crippen molar-refractivity contribution in [2.24, 2.45) is 11.8 Å². The van der Waals surface area contributed by atoms with E-state index in [0.29, 0.717) is 27.8 Å². The van der Waals surface area contributed by atoms with Gasteiger partial charge in [-0.25, -0.2) is 14.8 Å². The number of pyridine rings is 2. The van der Waals surface area contributed by atoms with Gasteiger partial charge in [0.15, 0.2) is 0 Å². The Kier molecular flexibility index (Phi) is 5.84. The van der Waals surface area contributed by atoms with E-state index in [1.54, 1.807) is 18.7 Å².